The predicted octanol–water partition coefficient (Wildman–Crippen LogP) is 4.45. The highest BCUT2D eigenvalue weighted by Gasteiger charge is 2.37. The van der Waals surface area contributed by atoms with E-state index in [4.69, 9.17) is 0 Å². The number of halogens is 4. The Morgan fingerprint density at radius 3 is 2.62 bits per heavy atom. The number of benzene rings is 1. The SMILES string of the molecule is O=C1c2ccnc(-c3cc(Cc4cc(F)cc(C(F)(F)F)c4)ncn3)c2CCN1C1CC1. The number of hydrogen-bond donors (Lipinski definition) is 0. The van der Waals surface area contributed by atoms with Gasteiger partial charge in [-0.25, -0.2) is 14.4 Å². The number of amides is 1. The topological polar surface area (TPSA) is 59.0 Å². The van der Waals surface area contributed by atoms with Crippen LogP contribution in [0.15, 0.2) is 42.9 Å². The highest BCUT2D eigenvalue weighted by molar-refractivity contribution is 5.98. The lowest BCUT2D eigenvalue weighted by Gasteiger charge is -2.29. The van der Waals surface area contributed by atoms with Crippen molar-refractivity contribution >= 4 is 5.91 Å². The van der Waals surface area contributed by atoms with Gasteiger partial charge in [-0.05, 0) is 60.7 Å². The molecule has 1 saturated carbocycles. The third-order valence-electron chi connectivity index (χ3n) is 5.77. The fraction of sp³-hybridized carbons (Fsp3) is 0.304. The predicted molar refractivity (Wildman–Crippen MR) is 107 cm³/mol. The first-order valence-electron chi connectivity index (χ1n) is 10.3. The summed E-state index contributed by atoms with van der Waals surface area (Å²) in [5.74, 6) is -0.965. The van der Waals surface area contributed by atoms with Crippen LogP contribution < -0.4 is 0 Å². The molecule has 0 bridgehead atoms. The molecule has 0 N–H and O–H groups in total. The molecule has 164 valence electrons. The maximum Gasteiger partial charge on any atom is 0.416 e. The number of alkyl halides is 3. The highest BCUT2D eigenvalue weighted by Crippen LogP contribution is 2.34. The van der Waals surface area contributed by atoms with Crippen LogP contribution in [0.2, 0.25) is 0 Å². The lowest BCUT2D eigenvalue weighted by Crippen LogP contribution is -2.39. The van der Waals surface area contributed by atoms with Crippen LogP contribution in [0.1, 0.15) is 45.6 Å². The first kappa shape index (κ1) is 20.5. The Morgan fingerprint density at radius 2 is 1.88 bits per heavy atom. The zero-order chi connectivity index (χ0) is 22.5. The van der Waals surface area contributed by atoms with E-state index in [1.807, 2.05) is 4.90 Å². The average Bonchev–Trinajstić information content (AvgIpc) is 3.58. The first-order chi connectivity index (χ1) is 15.3. The Morgan fingerprint density at radius 1 is 1.06 bits per heavy atom. The number of carbonyl (C=O) groups is 1. The van der Waals surface area contributed by atoms with Crippen molar-refractivity contribution in [3.8, 4) is 11.4 Å². The Hall–Kier alpha value is -3.36. The second-order valence-electron chi connectivity index (χ2n) is 8.08. The minimum atomic E-state index is -4.64. The van der Waals surface area contributed by atoms with Gasteiger partial charge in [0.25, 0.3) is 5.91 Å². The molecule has 3 heterocycles. The van der Waals surface area contributed by atoms with E-state index in [1.165, 1.54) is 6.33 Å². The zero-order valence-electron chi connectivity index (χ0n) is 16.9. The molecule has 1 aliphatic carbocycles. The number of carbonyl (C=O) groups excluding carboxylic acids is 1. The van der Waals surface area contributed by atoms with E-state index in [0.29, 0.717) is 47.7 Å². The summed E-state index contributed by atoms with van der Waals surface area (Å²) in [6.45, 7) is 0.622. The molecule has 0 saturated heterocycles. The number of fused-ring (bicyclic) bond motifs is 1. The van der Waals surface area contributed by atoms with E-state index in [2.05, 4.69) is 15.0 Å². The standard InChI is InChI=1S/C23H18F4N4O/c24-15-8-13(7-14(10-15)23(25,26)27)9-16-11-20(30-12-29-16)21-18-4-6-31(17-1-2-17)22(32)19(18)3-5-28-21/h3,5,7-8,10-12,17H,1-2,4,6,9H2. The second-order valence-corrected chi connectivity index (χ2v) is 8.08. The fourth-order valence-electron chi connectivity index (χ4n) is 4.14. The minimum absolute atomic E-state index is 0.000226. The van der Waals surface area contributed by atoms with Crippen molar-refractivity contribution in [1.82, 2.24) is 19.9 Å². The molecule has 1 aliphatic heterocycles. The van der Waals surface area contributed by atoms with Crippen LogP contribution in [0.4, 0.5) is 17.6 Å². The molecular weight excluding hydrogens is 424 g/mol. The summed E-state index contributed by atoms with van der Waals surface area (Å²) in [7, 11) is 0. The molecule has 5 nitrogen and oxygen atoms in total. The lowest BCUT2D eigenvalue weighted by molar-refractivity contribution is -0.137. The van der Waals surface area contributed by atoms with E-state index in [9.17, 15) is 22.4 Å². The Balaban J connectivity index is 1.46. The largest absolute Gasteiger partial charge is 0.416 e. The maximum atomic E-state index is 13.7. The van der Waals surface area contributed by atoms with Gasteiger partial charge in [-0.15, -0.1) is 0 Å². The average molecular weight is 442 g/mol. The molecule has 1 fully saturated rings. The van der Waals surface area contributed by atoms with Crippen molar-refractivity contribution in [2.45, 2.75) is 37.9 Å². The van der Waals surface area contributed by atoms with E-state index in [1.54, 1.807) is 18.3 Å². The molecule has 0 atom stereocenters. The van der Waals surface area contributed by atoms with Crippen molar-refractivity contribution in [3.05, 3.63) is 76.6 Å². The van der Waals surface area contributed by atoms with Gasteiger partial charge < -0.3 is 4.90 Å². The van der Waals surface area contributed by atoms with Crippen LogP contribution in [0.3, 0.4) is 0 Å². The van der Waals surface area contributed by atoms with E-state index in [-0.39, 0.29) is 17.9 Å². The second kappa shape index (κ2) is 7.65. The maximum absolute atomic E-state index is 13.7. The molecule has 1 aromatic carbocycles. The van der Waals surface area contributed by atoms with Crippen LogP contribution >= 0.6 is 0 Å². The van der Waals surface area contributed by atoms with Gasteiger partial charge in [0.2, 0.25) is 0 Å². The molecule has 0 unspecified atom stereocenters. The van der Waals surface area contributed by atoms with Crippen molar-refractivity contribution in [2.24, 2.45) is 0 Å². The Kier molecular flexibility index (Phi) is 4.91. The quantitative estimate of drug-likeness (QED) is 0.561. The molecule has 5 rings (SSSR count). The molecule has 32 heavy (non-hydrogen) atoms. The van der Waals surface area contributed by atoms with Crippen molar-refractivity contribution in [3.63, 3.8) is 0 Å². The van der Waals surface area contributed by atoms with Gasteiger partial charge in [-0.3, -0.25) is 9.78 Å². The Labute approximate surface area is 181 Å². The van der Waals surface area contributed by atoms with Gasteiger partial charge in [0.05, 0.1) is 17.0 Å². The van der Waals surface area contributed by atoms with Gasteiger partial charge in [0.15, 0.2) is 0 Å². The molecule has 2 aromatic heterocycles. The van der Waals surface area contributed by atoms with Crippen molar-refractivity contribution in [2.75, 3.05) is 6.54 Å². The summed E-state index contributed by atoms with van der Waals surface area (Å²) in [5, 5.41) is 0. The minimum Gasteiger partial charge on any atom is -0.335 e. The molecule has 3 aromatic rings. The molecular formula is C23H18F4N4O. The normalized spacial score (nSPS) is 16.2. The zero-order valence-corrected chi connectivity index (χ0v) is 16.9. The molecule has 2 aliphatic rings. The third kappa shape index (κ3) is 3.94. The van der Waals surface area contributed by atoms with Crippen LogP contribution in [0.5, 0.6) is 0 Å². The number of pyridine rings is 1. The Bertz CT molecular complexity index is 1210. The molecule has 9 heteroatoms. The van der Waals surface area contributed by atoms with Gasteiger partial charge >= 0.3 is 6.18 Å². The van der Waals surface area contributed by atoms with Crippen molar-refractivity contribution < 1.29 is 22.4 Å². The van der Waals surface area contributed by atoms with Gasteiger partial charge in [0.1, 0.15) is 12.1 Å². The lowest BCUT2D eigenvalue weighted by atomic mass is 9.96. The summed E-state index contributed by atoms with van der Waals surface area (Å²) in [6, 6.07) is 6.10. The fourth-order valence-corrected chi connectivity index (χ4v) is 4.14. The summed E-state index contributed by atoms with van der Waals surface area (Å²) in [4.78, 5) is 27.6. The third-order valence-corrected chi connectivity index (χ3v) is 5.77. The van der Waals surface area contributed by atoms with E-state index < -0.39 is 17.6 Å². The number of nitrogens with zero attached hydrogens (tertiary/aromatic N) is 4. The highest BCUT2D eigenvalue weighted by atomic mass is 19.4. The van der Waals surface area contributed by atoms with E-state index >= 15 is 0 Å². The number of hydrogen-bond acceptors (Lipinski definition) is 4. The van der Waals surface area contributed by atoms with E-state index in [0.717, 1.165) is 30.5 Å². The van der Waals surface area contributed by atoms with Gasteiger partial charge in [0, 0.05) is 36.5 Å². The van der Waals surface area contributed by atoms with Crippen LogP contribution in [-0.2, 0) is 19.0 Å². The van der Waals surface area contributed by atoms with Crippen molar-refractivity contribution in [1.29, 1.82) is 0 Å². The first-order valence-corrected chi connectivity index (χ1v) is 10.3. The summed E-state index contributed by atoms with van der Waals surface area (Å²) in [5.41, 5.74) is 1.99. The van der Waals surface area contributed by atoms with Gasteiger partial charge in [-0.2, -0.15) is 13.2 Å². The number of aromatic nitrogens is 3. The van der Waals surface area contributed by atoms with Crippen LogP contribution in [0, 0.1) is 5.82 Å². The number of rotatable bonds is 4. The summed E-state index contributed by atoms with van der Waals surface area (Å²) in [6.07, 6.45) is 0.943. The summed E-state index contributed by atoms with van der Waals surface area (Å²) >= 11 is 0. The summed E-state index contributed by atoms with van der Waals surface area (Å²) < 4.78 is 52.8. The molecule has 0 spiro atoms. The molecule has 1 amide bonds. The van der Waals surface area contributed by atoms with Crippen LogP contribution in [0.25, 0.3) is 11.4 Å². The van der Waals surface area contributed by atoms with Gasteiger partial charge in [-0.1, -0.05) is 0 Å². The van der Waals surface area contributed by atoms with Crippen LogP contribution in [-0.4, -0.2) is 38.3 Å². The smallest absolute Gasteiger partial charge is 0.335 e. The monoisotopic (exact) mass is 442 g/mol. The molecule has 0 radical (unpaired) electrons.